The Labute approximate surface area is 162 Å². The Balaban J connectivity index is 1.29. The maximum atomic E-state index is 12.9. The van der Waals surface area contributed by atoms with Gasteiger partial charge < -0.3 is 14.8 Å². The van der Waals surface area contributed by atoms with E-state index in [0.717, 1.165) is 29.8 Å². The number of benzene rings is 2. The minimum absolute atomic E-state index is 0.0588. The summed E-state index contributed by atoms with van der Waals surface area (Å²) >= 11 is 0. The monoisotopic (exact) mass is 373 g/mol. The number of hydrogen-bond acceptors (Lipinski definition) is 5. The Kier molecular flexibility index (Phi) is 3.97. The normalized spacial score (nSPS) is 15.9. The summed E-state index contributed by atoms with van der Waals surface area (Å²) in [7, 11) is 0. The van der Waals surface area contributed by atoms with Gasteiger partial charge in [-0.25, -0.2) is 0 Å². The van der Waals surface area contributed by atoms with E-state index in [1.54, 1.807) is 6.07 Å². The van der Waals surface area contributed by atoms with Crippen molar-refractivity contribution in [2.45, 2.75) is 24.7 Å². The fraction of sp³-hybridized carbons (Fsp3) is 0.227. The predicted octanol–water partition coefficient (Wildman–Crippen LogP) is 3.47. The fourth-order valence-electron chi connectivity index (χ4n) is 3.53. The number of fused-ring (bicyclic) bond motifs is 1. The number of carbonyl (C=O) groups is 1. The van der Waals surface area contributed by atoms with Crippen LogP contribution in [0, 0.1) is 0 Å². The molecular weight excluding hydrogens is 354 g/mol. The molecule has 1 aliphatic carbocycles. The summed E-state index contributed by atoms with van der Waals surface area (Å²) in [5, 5.41) is 11.3. The molecule has 2 aromatic carbocycles. The van der Waals surface area contributed by atoms with Gasteiger partial charge in [-0.15, -0.1) is 5.10 Å². The third kappa shape index (κ3) is 3.07. The second-order valence-electron chi connectivity index (χ2n) is 7.18. The van der Waals surface area contributed by atoms with Gasteiger partial charge in [0.25, 0.3) is 0 Å². The number of nitrogens with zero attached hydrogens (tertiary/aromatic N) is 2. The third-order valence-corrected chi connectivity index (χ3v) is 5.30. The average Bonchev–Trinajstić information content (AvgIpc) is 3.41. The van der Waals surface area contributed by atoms with Crippen molar-refractivity contribution in [1.29, 1.82) is 0 Å². The Morgan fingerprint density at radius 3 is 2.54 bits per heavy atom. The van der Waals surface area contributed by atoms with Crippen molar-refractivity contribution in [3.63, 3.8) is 0 Å². The Morgan fingerprint density at radius 1 is 0.964 bits per heavy atom. The van der Waals surface area contributed by atoms with Crippen molar-refractivity contribution < 1.29 is 14.3 Å². The van der Waals surface area contributed by atoms with Crippen LogP contribution in [0.4, 0.5) is 5.82 Å². The molecule has 0 bridgehead atoms. The van der Waals surface area contributed by atoms with Gasteiger partial charge in [0.05, 0.1) is 11.1 Å². The van der Waals surface area contributed by atoms with Crippen LogP contribution < -0.4 is 14.8 Å². The average molecular weight is 373 g/mol. The number of rotatable bonds is 5. The number of anilines is 1. The van der Waals surface area contributed by atoms with Gasteiger partial charge in [0, 0.05) is 6.42 Å². The van der Waals surface area contributed by atoms with E-state index in [2.05, 4.69) is 27.6 Å². The molecule has 0 unspecified atom stereocenters. The number of hydrogen-bond donors (Lipinski definition) is 1. The van der Waals surface area contributed by atoms with E-state index in [-0.39, 0.29) is 12.7 Å². The summed E-state index contributed by atoms with van der Waals surface area (Å²) < 4.78 is 10.8. The molecule has 0 spiro atoms. The van der Waals surface area contributed by atoms with Crippen LogP contribution in [0.1, 0.15) is 29.7 Å². The highest BCUT2D eigenvalue weighted by Gasteiger charge is 2.51. The highest BCUT2D eigenvalue weighted by molar-refractivity contribution is 6.00. The molecular formula is C22H19N3O3. The minimum atomic E-state index is -0.522. The molecule has 1 aromatic heterocycles. The van der Waals surface area contributed by atoms with Gasteiger partial charge in [-0.05, 0) is 48.2 Å². The molecule has 0 radical (unpaired) electrons. The van der Waals surface area contributed by atoms with Crippen molar-refractivity contribution >= 4 is 11.7 Å². The van der Waals surface area contributed by atoms with Crippen LogP contribution in [0.15, 0.2) is 60.7 Å². The molecule has 1 aliphatic heterocycles. The minimum Gasteiger partial charge on any atom is -0.454 e. The van der Waals surface area contributed by atoms with Crippen LogP contribution in [0.3, 0.4) is 0 Å². The first-order valence-corrected chi connectivity index (χ1v) is 9.31. The molecule has 6 nitrogen and oxygen atoms in total. The van der Waals surface area contributed by atoms with Crippen molar-refractivity contribution in [2.75, 3.05) is 12.1 Å². The molecule has 6 heteroatoms. The maximum Gasteiger partial charge on any atom is 0.236 e. The summed E-state index contributed by atoms with van der Waals surface area (Å²) in [6.45, 7) is 0.225. The standard InChI is InChI=1S/C22H19N3O3/c26-21(22(10-11-22)16-6-8-18-19(13-16)28-14-27-18)23-20-9-7-17(24-25-20)12-15-4-2-1-3-5-15/h1-9,13H,10-12,14H2,(H,23,25,26). The van der Waals surface area contributed by atoms with E-state index in [1.807, 2.05) is 42.5 Å². The summed E-state index contributed by atoms with van der Waals surface area (Å²) in [5.74, 6) is 1.83. The molecule has 3 aromatic rings. The van der Waals surface area contributed by atoms with E-state index in [0.29, 0.717) is 18.0 Å². The lowest BCUT2D eigenvalue weighted by molar-refractivity contribution is -0.118. The van der Waals surface area contributed by atoms with E-state index in [1.165, 1.54) is 5.56 Å². The molecule has 140 valence electrons. The number of ether oxygens (including phenoxy) is 2. The summed E-state index contributed by atoms with van der Waals surface area (Å²) in [4.78, 5) is 12.9. The molecule has 1 amide bonds. The fourth-order valence-corrected chi connectivity index (χ4v) is 3.53. The van der Waals surface area contributed by atoms with E-state index in [4.69, 9.17) is 9.47 Å². The van der Waals surface area contributed by atoms with Crippen LogP contribution in [-0.2, 0) is 16.6 Å². The molecule has 1 fully saturated rings. The van der Waals surface area contributed by atoms with Crippen LogP contribution in [0.5, 0.6) is 11.5 Å². The van der Waals surface area contributed by atoms with Crippen molar-refractivity contribution in [2.24, 2.45) is 0 Å². The first-order valence-electron chi connectivity index (χ1n) is 9.31. The SMILES string of the molecule is O=C(Nc1ccc(Cc2ccccc2)nn1)C1(c2ccc3c(c2)OCO3)CC1. The molecule has 2 heterocycles. The molecule has 5 rings (SSSR count). The van der Waals surface area contributed by atoms with Crippen LogP contribution >= 0.6 is 0 Å². The summed E-state index contributed by atoms with van der Waals surface area (Å²) in [6, 6.07) is 19.5. The second kappa shape index (κ2) is 6.64. The number of carbonyl (C=O) groups excluding carboxylic acids is 1. The zero-order valence-electron chi connectivity index (χ0n) is 15.2. The molecule has 0 atom stereocenters. The quantitative estimate of drug-likeness (QED) is 0.741. The largest absolute Gasteiger partial charge is 0.454 e. The Bertz CT molecular complexity index is 1010. The van der Waals surface area contributed by atoms with Crippen molar-refractivity contribution in [1.82, 2.24) is 10.2 Å². The Morgan fingerprint density at radius 2 is 1.79 bits per heavy atom. The maximum absolute atomic E-state index is 12.9. The van der Waals surface area contributed by atoms with Gasteiger partial charge in [0.2, 0.25) is 12.7 Å². The molecule has 2 aliphatic rings. The van der Waals surface area contributed by atoms with Gasteiger partial charge in [0.1, 0.15) is 0 Å². The smallest absolute Gasteiger partial charge is 0.236 e. The molecule has 1 saturated carbocycles. The first kappa shape index (κ1) is 16.7. The van der Waals surface area contributed by atoms with Gasteiger partial charge in [-0.2, -0.15) is 5.10 Å². The predicted molar refractivity (Wildman–Crippen MR) is 103 cm³/mol. The van der Waals surface area contributed by atoms with E-state index >= 15 is 0 Å². The Hall–Kier alpha value is -3.41. The molecule has 1 N–H and O–H groups in total. The van der Waals surface area contributed by atoms with E-state index in [9.17, 15) is 4.79 Å². The lowest BCUT2D eigenvalue weighted by Gasteiger charge is -2.15. The van der Waals surface area contributed by atoms with Gasteiger partial charge >= 0.3 is 0 Å². The zero-order valence-corrected chi connectivity index (χ0v) is 15.2. The van der Waals surface area contributed by atoms with Gasteiger partial charge in [-0.3, -0.25) is 4.79 Å². The highest BCUT2D eigenvalue weighted by Crippen LogP contribution is 2.51. The van der Waals surface area contributed by atoms with Crippen LogP contribution in [0.2, 0.25) is 0 Å². The topological polar surface area (TPSA) is 73.3 Å². The summed E-state index contributed by atoms with van der Waals surface area (Å²) in [5.41, 5.74) is 2.46. The second-order valence-corrected chi connectivity index (χ2v) is 7.18. The summed E-state index contributed by atoms with van der Waals surface area (Å²) in [6.07, 6.45) is 2.32. The van der Waals surface area contributed by atoms with E-state index < -0.39 is 5.41 Å². The van der Waals surface area contributed by atoms with Crippen molar-refractivity contribution in [3.8, 4) is 11.5 Å². The lowest BCUT2D eigenvalue weighted by atomic mass is 9.94. The number of amides is 1. The van der Waals surface area contributed by atoms with Gasteiger partial charge in [-0.1, -0.05) is 36.4 Å². The van der Waals surface area contributed by atoms with Crippen molar-refractivity contribution in [3.05, 3.63) is 77.5 Å². The number of aromatic nitrogens is 2. The van der Waals surface area contributed by atoms with Crippen LogP contribution in [0.25, 0.3) is 0 Å². The zero-order chi connectivity index (χ0) is 19.0. The highest BCUT2D eigenvalue weighted by atomic mass is 16.7. The number of nitrogens with one attached hydrogen (secondary N) is 1. The molecule has 0 saturated heterocycles. The van der Waals surface area contributed by atoms with Gasteiger partial charge in [0.15, 0.2) is 17.3 Å². The first-order chi connectivity index (χ1) is 13.7. The third-order valence-electron chi connectivity index (χ3n) is 5.30. The lowest BCUT2D eigenvalue weighted by Crippen LogP contribution is -2.28. The van der Waals surface area contributed by atoms with Crippen LogP contribution in [-0.4, -0.2) is 22.9 Å². The molecule has 28 heavy (non-hydrogen) atoms.